The molecule has 0 atom stereocenters. The van der Waals surface area contributed by atoms with Gasteiger partial charge in [0.05, 0.1) is 0 Å². The number of aromatic nitrogens is 2. The Hall–Kier alpha value is -1.46. The zero-order chi connectivity index (χ0) is 13.5. The van der Waals surface area contributed by atoms with Crippen LogP contribution in [0, 0.1) is 0 Å². The largest absolute Gasteiger partial charge is 1.00 e. The average Bonchev–Trinajstić information content (AvgIpc) is 2.85. The first-order valence-electron chi connectivity index (χ1n) is 6.44. The molecule has 2 rings (SSSR count). The summed E-state index contributed by atoms with van der Waals surface area (Å²) < 4.78 is 0. The van der Waals surface area contributed by atoms with Gasteiger partial charge in [0, 0.05) is 12.8 Å². The number of hydrogen-bond donors (Lipinski definition) is 1. The van der Waals surface area contributed by atoms with Gasteiger partial charge in [-0.3, -0.25) is 4.79 Å². The molecule has 108 valence electrons. The zero-order valence-corrected chi connectivity index (χ0v) is 12.9. The molecule has 1 aromatic heterocycles. The van der Waals surface area contributed by atoms with Crippen LogP contribution in [0.25, 0.3) is 0 Å². The summed E-state index contributed by atoms with van der Waals surface area (Å²) in [6.07, 6.45) is 3.16. The molecule has 1 heterocycles. The van der Waals surface area contributed by atoms with E-state index < -0.39 is 0 Å². The van der Waals surface area contributed by atoms with Crippen LogP contribution < -0.4 is 17.7 Å². The van der Waals surface area contributed by atoms with E-state index in [2.05, 4.69) is 27.6 Å². The molecular formula is C14H17ClN3OS-. The normalized spacial score (nSPS) is 9.85. The van der Waals surface area contributed by atoms with Crippen LogP contribution in [0.3, 0.4) is 0 Å². The predicted octanol–water partition coefficient (Wildman–Crippen LogP) is 0.0659. The first-order valence-corrected chi connectivity index (χ1v) is 7.25. The van der Waals surface area contributed by atoms with E-state index in [1.807, 2.05) is 25.1 Å². The molecular weight excluding hydrogens is 294 g/mol. The molecule has 1 N–H and O–H groups in total. The fraction of sp³-hybridized carbons (Fsp3) is 0.357. The summed E-state index contributed by atoms with van der Waals surface area (Å²) in [4.78, 5) is 11.4. The van der Waals surface area contributed by atoms with E-state index in [-0.39, 0.29) is 18.3 Å². The molecule has 0 fully saturated rings. The quantitative estimate of drug-likeness (QED) is 0.821. The van der Waals surface area contributed by atoms with Gasteiger partial charge in [-0.2, -0.15) is 0 Å². The van der Waals surface area contributed by atoms with E-state index in [4.69, 9.17) is 0 Å². The Kier molecular flexibility index (Phi) is 7.18. The van der Waals surface area contributed by atoms with Crippen molar-refractivity contribution in [2.75, 3.05) is 5.32 Å². The summed E-state index contributed by atoms with van der Waals surface area (Å²) in [6, 6.07) is 10.3. The molecule has 4 nitrogen and oxygen atoms in total. The third kappa shape index (κ3) is 5.27. The van der Waals surface area contributed by atoms with E-state index in [0.29, 0.717) is 11.6 Å². The van der Waals surface area contributed by atoms with Gasteiger partial charge in [0.25, 0.3) is 0 Å². The summed E-state index contributed by atoms with van der Waals surface area (Å²) in [5.41, 5.74) is 1.29. The van der Waals surface area contributed by atoms with E-state index in [1.165, 1.54) is 16.9 Å². The lowest BCUT2D eigenvalue weighted by Gasteiger charge is -1.98. The lowest BCUT2D eigenvalue weighted by Crippen LogP contribution is -3.00. The molecule has 0 aliphatic heterocycles. The lowest BCUT2D eigenvalue weighted by molar-refractivity contribution is -0.116. The number of carbonyl (C=O) groups is 1. The van der Waals surface area contributed by atoms with Crippen molar-refractivity contribution < 1.29 is 17.2 Å². The van der Waals surface area contributed by atoms with Gasteiger partial charge in [-0.15, -0.1) is 10.2 Å². The number of amides is 1. The number of hydrogen-bond acceptors (Lipinski definition) is 4. The summed E-state index contributed by atoms with van der Waals surface area (Å²) in [6.45, 7) is 1.98. The van der Waals surface area contributed by atoms with Gasteiger partial charge in [0.15, 0.2) is 0 Å². The van der Waals surface area contributed by atoms with Crippen molar-refractivity contribution >= 4 is 22.4 Å². The number of nitrogens with zero attached hydrogens (tertiary/aromatic N) is 2. The molecule has 1 aromatic carbocycles. The maximum atomic E-state index is 11.4. The minimum atomic E-state index is 0. The van der Waals surface area contributed by atoms with Crippen molar-refractivity contribution in [2.45, 2.75) is 32.6 Å². The maximum absolute atomic E-state index is 11.4. The van der Waals surface area contributed by atoms with Gasteiger partial charge >= 0.3 is 0 Å². The van der Waals surface area contributed by atoms with Gasteiger partial charge in [-0.05, 0) is 18.4 Å². The number of aryl methyl sites for hydroxylation is 2. The van der Waals surface area contributed by atoms with Crippen molar-refractivity contribution in [1.82, 2.24) is 10.2 Å². The molecule has 0 radical (unpaired) electrons. The summed E-state index contributed by atoms with van der Waals surface area (Å²) in [7, 11) is 0. The Bertz CT molecular complexity index is 530. The first kappa shape index (κ1) is 16.6. The summed E-state index contributed by atoms with van der Waals surface area (Å²) in [5, 5.41) is 12.4. The highest BCUT2D eigenvalue weighted by molar-refractivity contribution is 7.15. The number of carbonyl (C=O) groups excluding carboxylic acids is 1. The molecule has 0 saturated carbocycles. The van der Waals surface area contributed by atoms with Gasteiger partial charge in [-0.25, -0.2) is 0 Å². The second-order valence-corrected chi connectivity index (χ2v) is 5.35. The molecule has 1 amide bonds. The Balaban J connectivity index is 0.00000200. The highest BCUT2D eigenvalue weighted by Crippen LogP contribution is 2.17. The van der Waals surface area contributed by atoms with Crippen LogP contribution in [-0.2, 0) is 17.6 Å². The molecule has 2 aromatic rings. The second-order valence-electron chi connectivity index (χ2n) is 4.28. The average molecular weight is 311 g/mol. The highest BCUT2D eigenvalue weighted by atomic mass is 35.5. The topological polar surface area (TPSA) is 54.9 Å². The number of nitrogens with one attached hydrogen (secondary N) is 1. The SMILES string of the molecule is CCCC(=O)Nc1nnc(CCc2ccccc2)s1.[Cl-]. The van der Waals surface area contributed by atoms with Crippen LogP contribution in [0.4, 0.5) is 5.13 Å². The summed E-state index contributed by atoms with van der Waals surface area (Å²) >= 11 is 1.45. The standard InChI is InChI=1S/C14H17N3OS.ClH/c1-2-6-12(18)15-14-17-16-13(19-14)10-9-11-7-4-3-5-8-11;/h3-5,7-8H,2,6,9-10H2,1H3,(H,15,17,18);1H/p-1. The number of anilines is 1. The predicted molar refractivity (Wildman–Crippen MR) is 77.3 cm³/mol. The Morgan fingerprint density at radius 2 is 1.95 bits per heavy atom. The van der Waals surface area contributed by atoms with Crippen molar-refractivity contribution in [3.63, 3.8) is 0 Å². The van der Waals surface area contributed by atoms with Crippen LogP contribution >= 0.6 is 11.3 Å². The fourth-order valence-corrected chi connectivity index (χ4v) is 2.47. The molecule has 6 heteroatoms. The van der Waals surface area contributed by atoms with E-state index in [1.54, 1.807) is 0 Å². The van der Waals surface area contributed by atoms with Gasteiger partial charge < -0.3 is 17.7 Å². The molecule has 0 unspecified atom stereocenters. The van der Waals surface area contributed by atoms with Crippen molar-refractivity contribution in [3.8, 4) is 0 Å². The molecule has 20 heavy (non-hydrogen) atoms. The van der Waals surface area contributed by atoms with Crippen LogP contribution in [0.5, 0.6) is 0 Å². The van der Waals surface area contributed by atoms with Gasteiger partial charge in [0.1, 0.15) is 5.01 Å². The van der Waals surface area contributed by atoms with Gasteiger partial charge in [-0.1, -0.05) is 48.6 Å². The lowest BCUT2D eigenvalue weighted by atomic mass is 10.1. The number of halogens is 1. The second kappa shape index (κ2) is 8.66. The van der Waals surface area contributed by atoms with E-state index in [0.717, 1.165) is 24.3 Å². The minimum absolute atomic E-state index is 0. The van der Waals surface area contributed by atoms with Gasteiger partial charge in [0.2, 0.25) is 11.0 Å². The zero-order valence-electron chi connectivity index (χ0n) is 11.3. The van der Waals surface area contributed by atoms with Crippen LogP contribution in [-0.4, -0.2) is 16.1 Å². The third-order valence-corrected chi connectivity index (χ3v) is 3.56. The number of benzene rings is 1. The van der Waals surface area contributed by atoms with Crippen LogP contribution in [0.2, 0.25) is 0 Å². The van der Waals surface area contributed by atoms with Crippen molar-refractivity contribution in [1.29, 1.82) is 0 Å². The third-order valence-electron chi connectivity index (χ3n) is 2.66. The van der Waals surface area contributed by atoms with Crippen LogP contribution in [0.15, 0.2) is 30.3 Å². The molecule has 0 aliphatic rings. The summed E-state index contributed by atoms with van der Waals surface area (Å²) in [5.74, 6) is 0.00765. The smallest absolute Gasteiger partial charge is 0.226 e. The Morgan fingerprint density at radius 1 is 1.20 bits per heavy atom. The maximum Gasteiger partial charge on any atom is 0.226 e. The monoisotopic (exact) mass is 310 g/mol. The fourth-order valence-electron chi connectivity index (χ4n) is 1.71. The highest BCUT2D eigenvalue weighted by Gasteiger charge is 2.07. The molecule has 0 saturated heterocycles. The minimum Gasteiger partial charge on any atom is -1.00 e. The first-order chi connectivity index (χ1) is 9.28. The van der Waals surface area contributed by atoms with E-state index >= 15 is 0 Å². The number of rotatable bonds is 6. The van der Waals surface area contributed by atoms with Crippen molar-refractivity contribution in [3.05, 3.63) is 40.9 Å². The molecule has 0 aliphatic carbocycles. The molecule has 0 spiro atoms. The molecule has 0 bridgehead atoms. The van der Waals surface area contributed by atoms with E-state index in [9.17, 15) is 4.79 Å². The Morgan fingerprint density at radius 3 is 2.65 bits per heavy atom. The van der Waals surface area contributed by atoms with Crippen LogP contribution in [0.1, 0.15) is 30.3 Å². The Labute approximate surface area is 129 Å². The van der Waals surface area contributed by atoms with Crippen molar-refractivity contribution in [2.24, 2.45) is 0 Å².